The molecule has 7 nitrogen and oxygen atoms in total. The normalized spacial score (nSPS) is 18.8. The highest BCUT2D eigenvalue weighted by atomic mass is 19.1. The molecule has 2 aliphatic rings. The Morgan fingerprint density at radius 3 is 2.61 bits per heavy atom. The molecule has 0 unspecified atom stereocenters. The number of fused-ring (bicyclic) bond motifs is 1. The number of carbonyl (C=O) groups excluding carboxylic acids is 1. The molecule has 0 aliphatic carbocycles. The smallest absolute Gasteiger partial charge is 0.326 e. The van der Waals surface area contributed by atoms with E-state index in [1.54, 1.807) is 29.1 Å². The molecule has 174 valence electrons. The van der Waals surface area contributed by atoms with E-state index in [-0.39, 0.29) is 23.5 Å². The Balaban J connectivity index is 1.09. The summed E-state index contributed by atoms with van der Waals surface area (Å²) in [6.07, 6.45) is 8.40. The Labute approximate surface area is 192 Å². The zero-order chi connectivity index (χ0) is 22.8. The number of benzene rings is 1. The second kappa shape index (κ2) is 9.47. The minimum Gasteiger partial charge on any atom is -0.339 e. The fourth-order valence-corrected chi connectivity index (χ4v) is 5.33. The molecule has 5 rings (SSSR count). The quantitative estimate of drug-likeness (QED) is 0.645. The van der Waals surface area contributed by atoms with Gasteiger partial charge in [-0.05, 0) is 74.9 Å². The third kappa shape index (κ3) is 4.71. The number of carbonyl (C=O) groups is 1. The average Bonchev–Trinajstić information content (AvgIpc) is 3.18. The van der Waals surface area contributed by atoms with E-state index in [0.717, 1.165) is 70.3 Å². The highest BCUT2D eigenvalue weighted by Gasteiger charge is 2.26. The van der Waals surface area contributed by atoms with Crippen LogP contribution in [0.15, 0.2) is 47.5 Å². The number of imidazole rings is 1. The molecular weight excluding hydrogens is 421 g/mol. The Kier molecular flexibility index (Phi) is 6.26. The molecule has 2 fully saturated rings. The third-order valence-electron chi connectivity index (χ3n) is 7.26. The van der Waals surface area contributed by atoms with Crippen molar-refractivity contribution in [3.05, 3.63) is 64.6 Å². The van der Waals surface area contributed by atoms with Crippen LogP contribution in [0.1, 0.15) is 48.5 Å². The lowest BCUT2D eigenvalue weighted by molar-refractivity contribution is 0.0677. The van der Waals surface area contributed by atoms with Crippen LogP contribution < -0.4 is 5.69 Å². The monoisotopic (exact) mass is 451 g/mol. The summed E-state index contributed by atoms with van der Waals surface area (Å²) in [4.78, 5) is 36.3. The molecule has 2 aliphatic heterocycles. The van der Waals surface area contributed by atoms with Crippen molar-refractivity contribution in [3.8, 4) is 0 Å². The van der Waals surface area contributed by atoms with Crippen molar-refractivity contribution in [1.82, 2.24) is 24.3 Å². The molecule has 0 atom stereocenters. The van der Waals surface area contributed by atoms with Gasteiger partial charge in [-0.2, -0.15) is 0 Å². The molecule has 4 heterocycles. The maximum absolute atomic E-state index is 13.5. The highest BCUT2D eigenvalue weighted by molar-refractivity contribution is 5.93. The van der Waals surface area contributed by atoms with E-state index >= 15 is 0 Å². The number of rotatable bonds is 5. The zero-order valence-corrected chi connectivity index (χ0v) is 18.8. The van der Waals surface area contributed by atoms with Gasteiger partial charge in [0, 0.05) is 44.6 Å². The molecular formula is C25H30FN5O2. The summed E-state index contributed by atoms with van der Waals surface area (Å²) in [5.41, 5.74) is 1.86. The van der Waals surface area contributed by atoms with E-state index < -0.39 is 0 Å². The van der Waals surface area contributed by atoms with Gasteiger partial charge in [0.2, 0.25) is 0 Å². The van der Waals surface area contributed by atoms with Crippen LogP contribution in [-0.2, 0) is 0 Å². The van der Waals surface area contributed by atoms with E-state index in [1.165, 1.54) is 12.1 Å². The summed E-state index contributed by atoms with van der Waals surface area (Å²) in [7, 11) is 0. The predicted molar refractivity (Wildman–Crippen MR) is 125 cm³/mol. The topological polar surface area (TPSA) is 74.2 Å². The van der Waals surface area contributed by atoms with Crippen LogP contribution in [0.5, 0.6) is 0 Å². The Morgan fingerprint density at radius 1 is 1.09 bits per heavy atom. The van der Waals surface area contributed by atoms with Crippen LogP contribution in [0, 0.1) is 11.7 Å². The van der Waals surface area contributed by atoms with Crippen molar-refractivity contribution in [2.75, 3.05) is 32.7 Å². The zero-order valence-electron chi connectivity index (χ0n) is 18.8. The van der Waals surface area contributed by atoms with Crippen LogP contribution in [0.25, 0.3) is 11.0 Å². The lowest BCUT2D eigenvalue weighted by Gasteiger charge is -2.35. The molecule has 0 saturated carbocycles. The number of nitrogens with one attached hydrogen (secondary N) is 1. The second-order valence-electron chi connectivity index (χ2n) is 9.30. The van der Waals surface area contributed by atoms with E-state index in [9.17, 15) is 14.0 Å². The summed E-state index contributed by atoms with van der Waals surface area (Å²) in [5.74, 6) is 0.392. The molecule has 2 aromatic heterocycles. The highest BCUT2D eigenvalue weighted by Crippen LogP contribution is 2.27. The lowest BCUT2D eigenvalue weighted by atomic mass is 9.92. The molecule has 1 N–H and O–H groups in total. The van der Waals surface area contributed by atoms with Crippen LogP contribution in [0.4, 0.5) is 4.39 Å². The average molecular weight is 452 g/mol. The van der Waals surface area contributed by atoms with Crippen molar-refractivity contribution in [3.63, 3.8) is 0 Å². The molecule has 0 spiro atoms. The van der Waals surface area contributed by atoms with Crippen LogP contribution in [0.3, 0.4) is 0 Å². The maximum atomic E-state index is 13.5. The second-order valence-corrected chi connectivity index (χ2v) is 9.30. The van der Waals surface area contributed by atoms with Gasteiger partial charge in [-0.25, -0.2) is 9.18 Å². The first kappa shape index (κ1) is 21.8. The van der Waals surface area contributed by atoms with Gasteiger partial charge in [0.05, 0.1) is 16.6 Å². The van der Waals surface area contributed by atoms with Crippen LogP contribution in [-0.4, -0.2) is 63.0 Å². The fourth-order valence-electron chi connectivity index (χ4n) is 5.33. The van der Waals surface area contributed by atoms with E-state index in [2.05, 4.69) is 14.9 Å². The minimum absolute atomic E-state index is 0.0823. The van der Waals surface area contributed by atoms with Gasteiger partial charge in [-0.3, -0.25) is 14.3 Å². The van der Waals surface area contributed by atoms with Crippen molar-refractivity contribution in [2.24, 2.45) is 5.92 Å². The van der Waals surface area contributed by atoms with Crippen LogP contribution >= 0.6 is 0 Å². The minimum atomic E-state index is -0.335. The summed E-state index contributed by atoms with van der Waals surface area (Å²) in [5, 5.41) is 0. The molecule has 1 amide bonds. The van der Waals surface area contributed by atoms with E-state index in [4.69, 9.17) is 0 Å². The van der Waals surface area contributed by atoms with Crippen LogP contribution in [0.2, 0.25) is 0 Å². The number of pyridine rings is 1. The molecule has 33 heavy (non-hydrogen) atoms. The molecule has 1 aromatic carbocycles. The van der Waals surface area contributed by atoms with E-state index in [1.807, 2.05) is 11.0 Å². The van der Waals surface area contributed by atoms with Gasteiger partial charge in [-0.1, -0.05) is 0 Å². The summed E-state index contributed by atoms with van der Waals surface area (Å²) >= 11 is 0. The molecule has 0 bridgehead atoms. The van der Waals surface area contributed by atoms with Gasteiger partial charge in [0.1, 0.15) is 5.82 Å². The van der Waals surface area contributed by atoms with Gasteiger partial charge in [0.25, 0.3) is 5.91 Å². The van der Waals surface area contributed by atoms with Gasteiger partial charge in [0.15, 0.2) is 0 Å². The van der Waals surface area contributed by atoms with Gasteiger partial charge < -0.3 is 14.8 Å². The number of aromatic nitrogens is 3. The first-order chi connectivity index (χ1) is 16.1. The Bertz CT molecular complexity index is 1160. The number of hydrogen-bond acceptors (Lipinski definition) is 4. The number of nitrogens with zero attached hydrogens (tertiary/aromatic N) is 4. The summed E-state index contributed by atoms with van der Waals surface area (Å²) in [6, 6.07) is 8.27. The first-order valence-corrected chi connectivity index (χ1v) is 11.9. The predicted octanol–water partition coefficient (Wildman–Crippen LogP) is 3.44. The standard InChI is InChI=1S/C25H30FN5O2/c26-20-3-4-23-22(16-20)28-25(33)31(23)21-8-12-29(13-9-21)11-5-18-6-14-30(15-7-18)24(32)19-2-1-10-27-17-19/h1-4,10,16-18,21H,5-9,11-15H2,(H,28,33). The van der Waals surface area contributed by atoms with Crippen molar-refractivity contribution < 1.29 is 9.18 Å². The summed E-state index contributed by atoms with van der Waals surface area (Å²) in [6.45, 7) is 4.60. The number of likely N-dealkylation sites (tertiary alicyclic amines) is 2. The van der Waals surface area contributed by atoms with Crippen molar-refractivity contribution in [2.45, 2.75) is 38.1 Å². The third-order valence-corrected chi connectivity index (χ3v) is 7.26. The Morgan fingerprint density at radius 2 is 1.88 bits per heavy atom. The maximum Gasteiger partial charge on any atom is 0.326 e. The number of hydrogen-bond donors (Lipinski definition) is 1. The number of amides is 1. The number of halogens is 1. The van der Waals surface area contributed by atoms with Crippen molar-refractivity contribution in [1.29, 1.82) is 0 Å². The number of piperidine rings is 2. The molecule has 0 radical (unpaired) electrons. The molecule has 2 saturated heterocycles. The largest absolute Gasteiger partial charge is 0.339 e. The molecule has 3 aromatic rings. The summed E-state index contributed by atoms with van der Waals surface area (Å²) < 4.78 is 15.3. The number of H-pyrrole nitrogens is 1. The number of aromatic amines is 1. The van der Waals surface area contributed by atoms with E-state index in [0.29, 0.717) is 17.0 Å². The van der Waals surface area contributed by atoms with Gasteiger partial charge >= 0.3 is 5.69 Å². The Hall–Kier alpha value is -3.00. The first-order valence-electron chi connectivity index (χ1n) is 11.9. The van der Waals surface area contributed by atoms with Gasteiger partial charge in [-0.15, -0.1) is 0 Å². The fraction of sp³-hybridized carbons (Fsp3) is 0.480. The SMILES string of the molecule is O=C(c1cccnc1)N1CCC(CCN2CCC(n3c(=O)[nH]c4cc(F)ccc43)CC2)CC1. The van der Waals surface area contributed by atoms with Crippen molar-refractivity contribution >= 4 is 16.9 Å². The molecule has 8 heteroatoms. The lowest BCUT2D eigenvalue weighted by Crippen LogP contribution is -2.40.